The van der Waals surface area contributed by atoms with Crippen LogP contribution >= 0.6 is 0 Å². The fourth-order valence-electron chi connectivity index (χ4n) is 2.41. The van der Waals surface area contributed by atoms with Gasteiger partial charge in [-0.2, -0.15) is 0 Å². The van der Waals surface area contributed by atoms with E-state index in [1.807, 2.05) is 0 Å². The second-order valence-corrected chi connectivity index (χ2v) is 5.08. The lowest BCUT2D eigenvalue weighted by Gasteiger charge is -2.14. The van der Waals surface area contributed by atoms with Crippen LogP contribution in [0.2, 0.25) is 0 Å². The summed E-state index contributed by atoms with van der Waals surface area (Å²) in [6.07, 6.45) is 3.21. The van der Waals surface area contributed by atoms with Crippen molar-refractivity contribution in [3.05, 3.63) is 17.8 Å². The molecule has 1 heterocycles. The molecule has 1 aliphatic carbocycles. The molecule has 1 amide bonds. The summed E-state index contributed by atoms with van der Waals surface area (Å²) in [5.74, 6) is -0.380. The number of aliphatic carboxylic acids is 1. The Morgan fingerprint density at radius 2 is 2.16 bits per heavy atom. The molecule has 1 aromatic rings. The normalized spacial score (nSPS) is 24.1. The van der Waals surface area contributed by atoms with Crippen LogP contribution in [0.1, 0.15) is 43.9 Å². The molecule has 6 nitrogen and oxygen atoms in total. The molecule has 0 bridgehead atoms. The molecule has 0 radical (unpaired) electrons. The topological polar surface area (TPSA) is 92.4 Å². The Bertz CT molecular complexity index is 483. The van der Waals surface area contributed by atoms with Crippen molar-refractivity contribution < 1.29 is 19.1 Å². The van der Waals surface area contributed by atoms with E-state index in [0.29, 0.717) is 30.9 Å². The standard InChI is InChI=1S/C13H18N2O4/c1-7-6-14-12(19-7)8(2)15-11(16)9-3-4-10(5-9)13(17)18/h6,8-10H,3-5H2,1-2H3,(H,15,16)(H,17,18)/t8?,9-,10+/m1/s1. The van der Waals surface area contributed by atoms with E-state index in [-0.39, 0.29) is 17.9 Å². The Morgan fingerprint density at radius 3 is 2.68 bits per heavy atom. The predicted molar refractivity (Wildman–Crippen MR) is 66.3 cm³/mol. The number of aryl methyl sites for hydroxylation is 1. The number of carboxylic acids is 1. The molecule has 0 saturated heterocycles. The largest absolute Gasteiger partial charge is 0.481 e. The van der Waals surface area contributed by atoms with Crippen LogP contribution < -0.4 is 5.32 Å². The maximum atomic E-state index is 12.0. The maximum Gasteiger partial charge on any atom is 0.306 e. The van der Waals surface area contributed by atoms with Crippen LogP contribution in [0.5, 0.6) is 0 Å². The van der Waals surface area contributed by atoms with E-state index in [1.54, 1.807) is 20.0 Å². The molecule has 1 aromatic heterocycles. The molecular formula is C13H18N2O4. The SMILES string of the molecule is Cc1cnc(C(C)NC(=O)[C@@H]2CC[C@H](C(=O)O)C2)o1. The Balaban J connectivity index is 1.89. The quantitative estimate of drug-likeness (QED) is 0.864. The molecule has 2 rings (SSSR count). The van der Waals surface area contributed by atoms with Gasteiger partial charge in [-0.05, 0) is 33.1 Å². The van der Waals surface area contributed by atoms with E-state index in [9.17, 15) is 9.59 Å². The second kappa shape index (κ2) is 5.42. The third kappa shape index (κ3) is 3.13. The Morgan fingerprint density at radius 1 is 1.47 bits per heavy atom. The van der Waals surface area contributed by atoms with Crippen LogP contribution in [0, 0.1) is 18.8 Å². The van der Waals surface area contributed by atoms with E-state index in [1.165, 1.54) is 0 Å². The minimum Gasteiger partial charge on any atom is -0.481 e. The first-order valence-corrected chi connectivity index (χ1v) is 6.43. The molecule has 1 saturated carbocycles. The smallest absolute Gasteiger partial charge is 0.306 e. The van der Waals surface area contributed by atoms with Crippen LogP contribution in [0.4, 0.5) is 0 Å². The number of hydrogen-bond acceptors (Lipinski definition) is 4. The zero-order chi connectivity index (χ0) is 14.0. The third-order valence-corrected chi connectivity index (χ3v) is 3.52. The average Bonchev–Trinajstić information content (AvgIpc) is 2.96. The lowest BCUT2D eigenvalue weighted by Crippen LogP contribution is -2.32. The van der Waals surface area contributed by atoms with E-state index < -0.39 is 11.9 Å². The fourth-order valence-corrected chi connectivity index (χ4v) is 2.41. The van der Waals surface area contributed by atoms with Crippen molar-refractivity contribution in [2.24, 2.45) is 11.8 Å². The summed E-state index contributed by atoms with van der Waals surface area (Å²) in [4.78, 5) is 27.0. The van der Waals surface area contributed by atoms with E-state index in [4.69, 9.17) is 9.52 Å². The minimum atomic E-state index is -0.813. The number of nitrogens with one attached hydrogen (secondary N) is 1. The highest BCUT2D eigenvalue weighted by Gasteiger charge is 2.34. The van der Waals surface area contributed by atoms with Crippen molar-refractivity contribution in [1.82, 2.24) is 10.3 Å². The molecule has 1 unspecified atom stereocenters. The lowest BCUT2D eigenvalue weighted by molar-refractivity contribution is -0.141. The van der Waals surface area contributed by atoms with E-state index in [0.717, 1.165) is 0 Å². The van der Waals surface area contributed by atoms with E-state index in [2.05, 4.69) is 10.3 Å². The summed E-state index contributed by atoms with van der Waals surface area (Å²) in [5.41, 5.74) is 0. The predicted octanol–water partition coefficient (Wildman–Crippen LogP) is 1.66. The number of carboxylic acid groups (broad SMARTS) is 1. The van der Waals surface area contributed by atoms with Crippen molar-refractivity contribution >= 4 is 11.9 Å². The molecule has 6 heteroatoms. The first kappa shape index (κ1) is 13.6. The van der Waals surface area contributed by atoms with Gasteiger partial charge in [-0.3, -0.25) is 9.59 Å². The van der Waals surface area contributed by atoms with Crippen molar-refractivity contribution in [3.8, 4) is 0 Å². The number of rotatable bonds is 4. The van der Waals surface area contributed by atoms with Gasteiger partial charge in [0.1, 0.15) is 11.8 Å². The molecule has 0 aromatic carbocycles. The number of aromatic nitrogens is 1. The summed E-state index contributed by atoms with van der Waals surface area (Å²) in [6.45, 7) is 3.59. The van der Waals surface area contributed by atoms with Gasteiger partial charge in [-0.15, -0.1) is 0 Å². The molecular weight excluding hydrogens is 248 g/mol. The molecule has 104 valence electrons. The highest BCUT2D eigenvalue weighted by Crippen LogP contribution is 2.31. The van der Waals surface area contributed by atoms with Gasteiger partial charge in [0.05, 0.1) is 12.1 Å². The first-order chi connectivity index (χ1) is 8.97. The minimum absolute atomic E-state index is 0.118. The van der Waals surface area contributed by atoms with Crippen molar-refractivity contribution in [1.29, 1.82) is 0 Å². The summed E-state index contributed by atoms with van der Waals surface area (Å²) >= 11 is 0. The number of carbonyl (C=O) groups excluding carboxylic acids is 1. The molecule has 2 N–H and O–H groups in total. The number of amides is 1. The zero-order valence-electron chi connectivity index (χ0n) is 11.0. The molecule has 3 atom stereocenters. The summed E-state index contributed by atoms with van der Waals surface area (Å²) < 4.78 is 5.35. The molecule has 0 aliphatic heterocycles. The van der Waals surface area contributed by atoms with Gasteiger partial charge in [0.15, 0.2) is 0 Å². The Kier molecular flexibility index (Phi) is 3.87. The van der Waals surface area contributed by atoms with Gasteiger partial charge in [-0.1, -0.05) is 0 Å². The fraction of sp³-hybridized carbons (Fsp3) is 0.615. The molecule has 1 fully saturated rings. The van der Waals surface area contributed by atoms with Gasteiger partial charge >= 0.3 is 5.97 Å². The van der Waals surface area contributed by atoms with Crippen LogP contribution in [0.25, 0.3) is 0 Å². The second-order valence-electron chi connectivity index (χ2n) is 5.08. The van der Waals surface area contributed by atoms with Crippen molar-refractivity contribution in [2.45, 2.75) is 39.2 Å². The zero-order valence-corrected chi connectivity index (χ0v) is 11.0. The molecule has 1 aliphatic rings. The summed E-state index contributed by atoms with van der Waals surface area (Å²) in [7, 11) is 0. The Labute approximate surface area is 111 Å². The van der Waals surface area contributed by atoms with Gasteiger partial charge in [0, 0.05) is 5.92 Å². The maximum absolute atomic E-state index is 12.0. The average molecular weight is 266 g/mol. The number of oxazole rings is 1. The van der Waals surface area contributed by atoms with Crippen LogP contribution in [-0.4, -0.2) is 22.0 Å². The summed E-state index contributed by atoms with van der Waals surface area (Å²) in [5, 5.41) is 11.7. The van der Waals surface area contributed by atoms with Crippen molar-refractivity contribution in [3.63, 3.8) is 0 Å². The highest BCUT2D eigenvalue weighted by molar-refractivity contribution is 5.81. The molecule has 19 heavy (non-hydrogen) atoms. The van der Waals surface area contributed by atoms with Gasteiger partial charge in [0.25, 0.3) is 0 Å². The monoisotopic (exact) mass is 266 g/mol. The van der Waals surface area contributed by atoms with Crippen molar-refractivity contribution in [2.75, 3.05) is 0 Å². The molecule has 0 spiro atoms. The number of carbonyl (C=O) groups is 2. The van der Waals surface area contributed by atoms with E-state index >= 15 is 0 Å². The van der Waals surface area contributed by atoms with Gasteiger partial charge < -0.3 is 14.8 Å². The van der Waals surface area contributed by atoms with Gasteiger partial charge in [-0.25, -0.2) is 4.98 Å². The number of nitrogens with zero attached hydrogens (tertiary/aromatic N) is 1. The van der Waals surface area contributed by atoms with Crippen LogP contribution in [0.15, 0.2) is 10.6 Å². The third-order valence-electron chi connectivity index (χ3n) is 3.52. The summed E-state index contributed by atoms with van der Waals surface area (Å²) in [6, 6.07) is -0.301. The lowest BCUT2D eigenvalue weighted by atomic mass is 10.0. The van der Waals surface area contributed by atoms with Crippen LogP contribution in [0.3, 0.4) is 0 Å². The highest BCUT2D eigenvalue weighted by atomic mass is 16.4. The first-order valence-electron chi connectivity index (χ1n) is 6.43. The van der Waals surface area contributed by atoms with Crippen LogP contribution in [-0.2, 0) is 9.59 Å². The Hall–Kier alpha value is -1.85. The number of hydrogen-bond donors (Lipinski definition) is 2. The van der Waals surface area contributed by atoms with Gasteiger partial charge in [0.2, 0.25) is 11.8 Å².